The Morgan fingerprint density at radius 1 is 1.37 bits per heavy atom. The van der Waals surface area contributed by atoms with Gasteiger partial charge in [-0.05, 0) is 25.0 Å². The molecular weight excluding hydrogens is 256 g/mol. The maximum absolute atomic E-state index is 12.0. The van der Waals surface area contributed by atoms with Crippen molar-refractivity contribution in [2.45, 2.75) is 25.6 Å². The summed E-state index contributed by atoms with van der Waals surface area (Å²) in [5.41, 5.74) is 2.75. The number of rotatable bonds is 5. The SMILES string of the molecule is CCN(CC)C(=O)CNC1CSCc2ccccc21. The molecule has 104 valence electrons. The quantitative estimate of drug-likeness (QED) is 0.898. The molecule has 0 bridgehead atoms. The highest BCUT2D eigenvalue weighted by atomic mass is 32.2. The lowest BCUT2D eigenvalue weighted by atomic mass is 10.0. The van der Waals surface area contributed by atoms with E-state index in [1.165, 1.54) is 11.1 Å². The van der Waals surface area contributed by atoms with Gasteiger partial charge in [0, 0.05) is 30.6 Å². The summed E-state index contributed by atoms with van der Waals surface area (Å²) in [4.78, 5) is 13.9. The summed E-state index contributed by atoms with van der Waals surface area (Å²) < 4.78 is 0. The van der Waals surface area contributed by atoms with Crippen LogP contribution in [0.5, 0.6) is 0 Å². The van der Waals surface area contributed by atoms with Crippen molar-refractivity contribution in [3.05, 3.63) is 35.4 Å². The van der Waals surface area contributed by atoms with Gasteiger partial charge in [0.2, 0.25) is 5.91 Å². The van der Waals surface area contributed by atoms with Gasteiger partial charge < -0.3 is 10.2 Å². The van der Waals surface area contributed by atoms with E-state index < -0.39 is 0 Å². The average molecular weight is 278 g/mol. The van der Waals surface area contributed by atoms with E-state index in [1.54, 1.807) is 0 Å². The maximum Gasteiger partial charge on any atom is 0.236 e. The Morgan fingerprint density at radius 2 is 2.11 bits per heavy atom. The number of nitrogens with zero attached hydrogens (tertiary/aromatic N) is 1. The number of fused-ring (bicyclic) bond motifs is 1. The monoisotopic (exact) mass is 278 g/mol. The Kier molecular flexibility index (Phi) is 5.28. The Hall–Kier alpha value is -1.00. The van der Waals surface area contributed by atoms with Crippen LogP contribution in [0.25, 0.3) is 0 Å². The van der Waals surface area contributed by atoms with Crippen LogP contribution in [0.15, 0.2) is 24.3 Å². The van der Waals surface area contributed by atoms with Crippen LogP contribution in [0.4, 0.5) is 0 Å². The standard InChI is InChI=1S/C15H22N2OS/c1-3-17(4-2)15(18)9-16-14-11-19-10-12-7-5-6-8-13(12)14/h5-8,14,16H,3-4,9-11H2,1-2H3. The van der Waals surface area contributed by atoms with Gasteiger partial charge in [0.25, 0.3) is 0 Å². The number of thioether (sulfide) groups is 1. The van der Waals surface area contributed by atoms with Gasteiger partial charge in [0.05, 0.1) is 6.54 Å². The fourth-order valence-corrected chi connectivity index (χ4v) is 3.58. The fraction of sp³-hybridized carbons (Fsp3) is 0.533. The summed E-state index contributed by atoms with van der Waals surface area (Å²) in [5.74, 6) is 2.32. The van der Waals surface area contributed by atoms with Gasteiger partial charge in [-0.1, -0.05) is 24.3 Å². The van der Waals surface area contributed by atoms with E-state index in [4.69, 9.17) is 0 Å². The van der Waals surface area contributed by atoms with Crippen LogP contribution in [0.2, 0.25) is 0 Å². The first-order valence-electron chi connectivity index (χ1n) is 6.93. The number of hydrogen-bond donors (Lipinski definition) is 1. The highest BCUT2D eigenvalue weighted by Crippen LogP contribution is 2.31. The van der Waals surface area contributed by atoms with Crippen molar-refractivity contribution < 1.29 is 4.79 Å². The van der Waals surface area contributed by atoms with Crippen LogP contribution in [0.3, 0.4) is 0 Å². The second-order valence-electron chi connectivity index (χ2n) is 4.71. The molecule has 1 aromatic rings. The summed E-state index contributed by atoms with van der Waals surface area (Å²) in [6, 6.07) is 8.82. The van der Waals surface area contributed by atoms with Crippen LogP contribution >= 0.6 is 11.8 Å². The molecule has 1 N–H and O–H groups in total. The van der Waals surface area contributed by atoms with Crippen molar-refractivity contribution in [2.24, 2.45) is 0 Å². The van der Waals surface area contributed by atoms with Crippen LogP contribution in [0.1, 0.15) is 31.0 Å². The zero-order valence-corrected chi connectivity index (χ0v) is 12.5. The fourth-order valence-electron chi connectivity index (χ4n) is 2.45. The van der Waals surface area contributed by atoms with Crippen LogP contribution < -0.4 is 5.32 Å². The number of hydrogen-bond acceptors (Lipinski definition) is 3. The zero-order chi connectivity index (χ0) is 13.7. The number of carbonyl (C=O) groups excluding carboxylic acids is 1. The van der Waals surface area contributed by atoms with Gasteiger partial charge in [-0.2, -0.15) is 11.8 Å². The number of likely N-dealkylation sites (N-methyl/N-ethyl adjacent to an activating group) is 1. The number of carbonyl (C=O) groups is 1. The highest BCUT2D eigenvalue weighted by Gasteiger charge is 2.21. The van der Waals surface area contributed by atoms with E-state index in [0.717, 1.165) is 24.6 Å². The van der Waals surface area contributed by atoms with E-state index in [1.807, 2.05) is 30.5 Å². The minimum absolute atomic E-state index is 0.193. The second kappa shape index (κ2) is 6.96. The first-order chi connectivity index (χ1) is 9.26. The van der Waals surface area contributed by atoms with E-state index in [0.29, 0.717) is 12.6 Å². The number of amides is 1. The normalized spacial score (nSPS) is 17.9. The lowest BCUT2D eigenvalue weighted by molar-refractivity contribution is -0.129. The predicted molar refractivity (Wildman–Crippen MR) is 81.3 cm³/mol. The van der Waals surface area contributed by atoms with Gasteiger partial charge in [0.15, 0.2) is 0 Å². The number of benzene rings is 1. The first kappa shape index (κ1) is 14.4. The molecule has 0 aliphatic carbocycles. The lowest BCUT2D eigenvalue weighted by Gasteiger charge is -2.27. The summed E-state index contributed by atoms with van der Waals surface area (Å²) >= 11 is 1.93. The third kappa shape index (κ3) is 3.51. The minimum Gasteiger partial charge on any atom is -0.342 e. The van der Waals surface area contributed by atoms with E-state index in [9.17, 15) is 4.79 Å². The van der Waals surface area contributed by atoms with Crippen molar-refractivity contribution in [3.8, 4) is 0 Å². The van der Waals surface area contributed by atoms with Crippen molar-refractivity contribution in [1.82, 2.24) is 10.2 Å². The number of nitrogens with one attached hydrogen (secondary N) is 1. The third-order valence-electron chi connectivity index (χ3n) is 3.59. The molecule has 0 radical (unpaired) electrons. The van der Waals surface area contributed by atoms with Gasteiger partial charge in [-0.25, -0.2) is 0 Å². The van der Waals surface area contributed by atoms with E-state index >= 15 is 0 Å². The molecule has 1 atom stereocenters. The van der Waals surface area contributed by atoms with E-state index in [2.05, 4.69) is 29.6 Å². The van der Waals surface area contributed by atoms with Crippen molar-refractivity contribution in [1.29, 1.82) is 0 Å². The van der Waals surface area contributed by atoms with Crippen molar-refractivity contribution in [2.75, 3.05) is 25.4 Å². The topological polar surface area (TPSA) is 32.3 Å². The molecule has 4 heteroatoms. The smallest absolute Gasteiger partial charge is 0.236 e. The largest absolute Gasteiger partial charge is 0.342 e. The summed E-state index contributed by atoms with van der Waals surface area (Å²) in [6.45, 7) is 6.04. The van der Waals surface area contributed by atoms with Crippen LogP contribution in [0, 0.1) is 0 Å². The Bertz CT molecular complexity index is 432. The molecule has 1 heterocycles. The molecule has 0 saturated carbocycles. The minimum atomic E-state index is 0.193. The third-order valence-corrected chi connectivity index (χ3v) is 4.67. The zero-order valence-electron chi connectivity index (χ0n) is 11.7. The molecule has 0 spiro atoms. The molecule has 0 fully saturated rings. The molecule has 1 unspecified atom stereocenters. The van der Waals surface area contributed by atoms with Crippen LogP contribution in [-0.2, 0) is 10.5 Å². The van der Waals surface area contributed by atoms with Crippen molar-refractivity contribution in [3.63, 3.8) is 0 Å². The maximum atomic E-state index is 12.0. The average Bonchev–Trinajstić information content (AvgIpc) is 2.46. The molecule has 1 aliphatic rings. The molecule has 0 aromatic heterocycles. The molecule has 1 aliphatic heterocycles. The lowest BCUT2D eigenvalue weighted by Crippen LogP contribution is -2.40. The Labute approximate surface area is 119 Å². The molecule has 1 aromatic carbocycles. The molecule has 1 amide bonds. The summed E-state index contributed by atoms with van der Waals surface area (Å²) in [5, 5.41) is 3.41. The molecule has 2 rings (SSSR count). The molecular formula is C15H22N2OS. The van der Waals surface area contributed by atoms with Gasteiger partial charge in [-0.3, -0.25) is 4.79 Å². The van der Waals surface area contributed by atoms with Gasteiger partial charge in [-0.15, -0.1) is 0 Å². The molecule has 3 nitrogen and oxygen atoms in total. The summed E-state index contributed by atoms with van der Waals surface area (Å²) in [7, 11) is 0. The van der Waals surface area contributed by atoms with Crippen LogP contribution in [-0.4, -0.2) is 36.2 Å². The predicted octanol–water partition coefficient (Wildman–Crippen LogP) is 2.43. The second-order valence-corrected chi connectivity index (χ2v) is 5.74. The summed E-state index contributed by atoms with van der Waals surface area (Å²) in [6.07, 6.45) is 0. The Morgan fingerprint density at radius 3 is 2.84 bits per heavy atom. The molecule has 19 heavy (non-hydrogen) atoms. The highest BCUT2D eigenvalue weighted by molar-refractivity contribution is 7.98. The van der Waals surface area contributed by atoms with Gasteiger partial charge >= 0.3 is 0 Å². The Balaban J connectivity index is 1.96. The van der Waals surface area contributed by atoms with E-state index in [-0.39, 0.29) is 5.91 Å². The molecule has 0 saturated heterocycles. The van der Waals surface area contributed by atoms with Gasteiger partial charge in [0.1, 0.15) is 0 Å². The first-order valence-corrected chi connectivity index (χ1v) is 8.08. The van der Waals surface area contributed by atoms with Crippen molar-refractivity contribution >= 4 is 17.7 Å².